The van der Waals surface area contributed by atoms with Crippen LogP contribution in [0, 0.1) is 6.92 Å². The molecule has 1 saturated heterocycles. The number of amides is 1. The van der Waals surface area contributed by atoms with Gasteiger partial charge in [0.2, 0.25) is 0 Å². The van der Waals surface area contributed by atoms with E-state index in [2.05, 4.69) is 0 Å². The van der Waals surface area contributed by atoms with E-state index in [1.807, 2.05) is 6.92 Å². The van der Waals surface area contributed by atoms with Crippen molar-refractivity contribution < 1.29 is 33.7 Å². The molecule has 176 valence electrons. The number of aliphatic hydroxyl groups excluding tert-OH is 1. The summed E-state index contributed by atoms with van der Waals surface area (Å²) >= 11 is 0. The van der Waals surface area contributed by atoms with E-state index in [9.17, 15) is 19.8 Å². The third kappa shape index (κ3) is 3.98. The average Bonchev–Trinajstić information content (AvgIpc) is 3.43. The maximum atomic E-state index is 13.2. The first-order valence-electron chi connectivity index (χ1n) is 10.9. The predicted molar refractivity (Wildman–Crippen MR) is 125 cm³/mol. The molecular formula is C26H25NO7. The summed E-state index contributed by atoms with van der Waals surface area (Å²) in [5.74, 6) is -1.31. The fourth-order valence-corrected chi connectivity index (χ4v) is 4.00. The molecule has 1 aliphatic rings. The topological polar surface area (TPSA) is 109 Å². The van der Waals surface area contributed by atoms with E-state index in [-0.39, 0.29) is 28.3 Å². The van der Waals surface area contributed by atoms with Crippen molar-refractivity contribution in [1.29, 1.82) is 0 Å². The van der Waals surface area contributed by atoms with Gasteiger partial charge in [-0.15, -0.1) is 0 Å². The lowest BCUT2D eigenvalue weighted by molar-refractivity contribution is -0.132. The van der Waals surface area contributed by atoms with E-state index in [0.717, 1.165) is 10.5 Å². The second kappa shape index (κ2) is 9.35. The van der Waals surface area contributed by atoms with Gasteiger partial charge in [0.15, 0.2) is 0 Å². The predicted octanol–water partition coefficient (Wildman–Crippen LogP) is 4.72. The highest BCUT2D eigenvalue weighted by Gasteiger charge is 2.49. The number of aliphatic hydroxyl groups is 1. The van der Waals surface area contributed by atoms with Crippen LogP contribution in [-0.4, -0.2) is 35.1 Å². The molecule has 1 aliphatic heterocycles. The number of phenols is 1. The summed E-state index contributed by atoms with van der Waals surface area (Å²) < 4.78 is 16.8. The van der Waals surface area contributed by atoms with Crippen molar-refractivity contribution in [3.05, 3.63) is 77.3 Å². The van der Waals surface area contributed by atoms with Gasteiger partial charge in [0.1, 0.15) is 34.8 Å². The number of furan rings is 1. The van der Waals surface area contributed by atoms with Gasteiger partial charge in [0.05, 0.1) is 36.3 Å². The van der Waals surface area contributed by atoms with Crippen LogP contribution in [0.15, 0.2) is 64.8 Å². The molecule has 8 nitrogen and oxygen atoms in total. The van der Waals surface area contributed by atoms with Gasteiger partial charge in [-0.1, -0.05) is 6.07 Å². The van der Waals surface area contributed by atoms with Crippen LogP contribution in [0.25, 0.3) is 5.76 Å². The lowest BCUT2D eigenvalue weighted by atomic mass is 9.98. The van der Waals surface area contributed by atoms with Crippen molar-refractivity contribution in [2.75, 3.05) is 18.1 Å². The Morgan fingerprint density at radius 1 is 1.06 bits per heavy atom. The minimum atomic E-state index is -1.09. The number of carbonyl (C=O) groups excluding carboxylic acids is 2. The van der Waals surface area contributed by atoms with E-state index in [1.165, 1.54) is 12.3 Å². The Labute approximate surface area is 196 Å². The Morgan fingerprint density at radius 3 is 2.50 bits per heavy atom. The summed E-state index contributed by atoms with van der Waals surface area (Å²) in [5, 5.41) is 21.9. The highest BCUT2D eigenvalue weighted by molar-refractivity contribution is 6.51. The molecule has 3 aromatic rings. The minimum absolute atomic E-state index is 0.138. The number of ether oxygens (including phenoxy) is 2. The van der Waals surface area contributed by atoms with Gasteiger partial charge in [-0.3, -0.25) is 14.5 Å². The molecule has 34 heavy (non-hydrogen) atoms. The van der Waals surface area contributed by atoms with Crippen molar-refractivity contribution in [2.24, 2.45) is 0 Å². The maximum absolute atomic E-state index is 13.2. The number of aromatic hydroxyl groups is 1. The second-order valence-corrected chi connectivity index (χ2v) is 7.70. The number of Topliss-reactive ketones (excluding diaryl/α,β-unsaturated/α-hetero) is 1. The zero-order chi connectivity index (χ0) is 24.4. The smallest absolute Gasteiger partial charge is 0.300 e. The fraction of sp³-hybridized carbons (Fsp3) is 0.231. The zero-order valence-electron chi connectivity index (χ0n) is 19.1. The van der Waals surface area contributed by atoms with Gasteiger partial charge < -0.3 is 24.1 Å². The van der Waals surface area contributed by atoms with Crippen LogP contribution in [-0.2, 0) is 9.59 Å². The Hall–Kier alpha value is -4.20. The number of phenolic OH excluding ortho intramolecular Hbond substituents is 1. The maximum Gasteiger partial charge on any atom is 0.300 e. The van der Waals surface area contributed by atoms with Crippen molar-refractivity contribution in [3.8, 4) is 17.2 Å². The Bertz CT molecular complexity index is 1260. The molecule has 2 aromatic carbocycles. The van der Waals surface area contributed by atoms with Gasteiger partial charge in [-0.2, -0.15) is 0 Å². The number of hydrogen-bond donors (Lipinski definition) is 2. The van der Waals surface area contributed by atoms with Gasteiger partial charge in [-0.05, 0) is 62.7 Å². The molecule has 0 spiro atoms. The van der Waals surface area contributed by atoms with Crippen LogP contribution in [0.1, 0.15) is 36.8 Å². The summed E-state index contributed by atoms with van der Waals surface area (Å²) in [7, 11) is 0. The number of benzene rings is 2. The number of rotatable bonds is 7. The number of aryl methyl sites for hydroxylation is 1. The molecule has 1 aromatic heterocycles. The van der Waals surface area contributed by atoms with Crippen molar-refractivity contribution in [1.82, 2.24) is 0 Å². The van der Waals surface area contributed by atoms with Crippen LogP contribution < -0.4 is 14.4 Å². The lowest BCUT2D eigenvalue weighted by Gasteiger charge is -2.24. The Kier molecular flexibility index (Phi) is 6.32. The quantitative estimate of drug-likeness (QED) is 0.296. The molecular weight excluding hydrogens is 438 g/mol. The molecule has 2 N–H and O–H groups in total. The summed E-state index contributed by atoms with van der Waals surface area (Å²) in [6.07, 6.45) is 1.41. The van der Waals surface area contributed by atoms with Gasteiger partial charge >= 0.3 is 0 Å². The first kappa shape index (κ1) is 23.0. The molecule has 0 saturated carbocycles. The van der Waals surface area contributed by atoms with Crippen molar-refractivity contribution >= 4 is 23.1 Å². The fourth-order valence-electron chi connectivity index (χ4n) is 4.00. The molecule has 0 radical (unpaired) electrons. The van der Waals surface area contributed by atoms with E-state index in [1.54, 1.807) is 56.3 Å². The van der Waals surface area contributed by atoms with Crippen LogP contribution >= 0.6 is 0 Å². The summed E-state index contributed by atoms with van der Waals surface area (Å²) in [6.45, 7) is 6.19. The van der Waals surface area contributed by atoms with Crippen molar-refractivity contribution in [3.63, 3.8) is 0 Å². The first-order chi connectivity index (χ1) is 16.4. The van der Waals surface area contributed by atoms with E-state index >= 15 is 0 Å². The van der Waals surface area contributed by atoms with E-state index in [4.69, 9.17) is 13.9 Å². The molecule has 8 heteroatoms. The highest BCUT2D eigenvalue weighted by Crippen LogP contribution is 2.46. The lowest BCUT2D eigenvalue weighted by Crippen LogP contribution is -2.29. The van der Waals surface area contributed by atoms with Gasteiger partial charge in [0.25, 0.3) is 11.7 Å². The molecule has 0 aliphatic carbocycles. The first-order valence-corrected chi connectivity index (χ1v) is 10.9. The third-order valence-corrected chi connectivity index (χ3v) is 5.47. The number of carbonyl (C=O) groups is 2. The van der Waals surface area contributed by atoms with Crippen LogP contribution in [0.4, 0.5) is 5.69 Å². The van der Waals surface area contributed by atoms with Crippen LogP contribution in [0.5, 0.6) is 17.2 Å². The number of hydrogen-bond acceptors (Lipinski definition) is 7. The van der Waals surface area contributed by atoms with Gasteiger partial charge in [0, 0.05) is 6.07 Å². The molecule has 1 fully saturated rings. The monoisotopic (exact) mass is 463 g/mol. The van der Waals surface area contributed by atoms with Crippen molar-refractivity contribution in [2.45, 2.75) is 26.8 Å². The van der Waals surface area contributed by atoms with Crippen LogP contribution in [0.2, 0.25) is 0 Å². The van der Waals surface area contributed by atoms with E-state index in [0.29, 0.717) is 24.7 Å². The molecule has 1 amide bonds. The zero-order valence-corrected chi connectivity index (χ0v) is 19.1. The third-order valence-electron chi connectivity index (χ3n) is 5.47. The summed E-state index contributed by atoms with van der Waals surface area (Å²) in [4.78, 5) is 27.6. The molecule has 0 bridgehead atoms. The SMILES string of the molecule is CCOc1ccc(/C(O)=C2/C(=O)C(=O)N(c3cc(C)ccc3O)C2c2ccco2)c(OCC)c1. The Morgan fingerprint density at radius 2 is 1.82 bits per heavy atom. The number of nitrogens with zero attached hydrogens (tertiary/aromatic N) is 1. The van der Waals surface area contributed by atoms with Gasteiger partial charge in [-0.25, -0.2) is 0 Å². The standard InChI is InChI=1S/C26H25NO7/c1-4-32-16-9-10-17(21(14-16)33-5-2)24(29)22-23(20-7-6-12-34-20)27(26(31)25(22)30)18-13-15(3)8-11-19(18)28/h6-14,23,28-29H,4-5H2,1-3H3/b24-22-. The molecule has 2 heterocycles. The molecule has 1 atom stereocenters. The molecule has 4 rings (SSSR count). The minimum Gasteiger partial charge on any atom is -0.507 e. The number of anilines is 1. The normalized spacial score (nSPS) is 17.3. The largest absolute Gasteiger partial charge is 0.507 e. The highest BCUT2D eigenvalue weighted by atomic mass is 16.5. The number of ketones is 1. The molecule has 1 unspecified atom stereocenters. The second-order valence-electron chi connectivity index (χ2n) is 7.70. The van der Waals surface area contributed by atoms with E-state index < -0.39 is 23.5 Å². The summed E-state index contributed by atoms with van der Waals surface area (Å²) in [6, 6.07) is 11.7. The summed E-state index contributed by atoms with van der Waals surface area (Å²) in [5.41, 5.74) is 0.969. The van der Waals surface area contributed by atoms with Crippen LogP contribution in [0.3, 0.4) is 0 Å². The average molecular weight is 463 g/mol. The Balaban J connectivity index is 1.94.